The Morgan fingerprint density at radius 2 is 2.04 bits per heavy atom. The summed E-state index contributed by atoms with van der Waals surface area (Å²) in [5, 5.41) is 14.4. The van der Waals surface area contributed by atoms with Crippen LogP contribution in [0.3, 0.4) is 0 Å². The third-order valence-electron chi connectivity index (χ3n) is 4.45. The van der Waals surface area contributed by atoms with Crippen LogP contribution in [0.5, 0.6) is 0 Å². The van der Waals surface area contributed by atoms with Gasteiger partial charge in [-0.2, -0.15) is 5.10 Å². The molecule has 0 bridgehead atoms. The lowest BCUT2D eigenvalue weighted by Crippen LogP contribution is -2.30. The third kappa shape index (κ3) is 3.70. The average molecular weight is 395 g/mol. The molecule has 136 valence electrons. The highest BCUT2D eigenvalue weighted by atomic mass is 32.1. The van der Waals surface area contributed by atoms with Crippen LogP contribution in [0.25, 0.3) is 21.5 Å². The van der Waals surface area contributed by atoms with Crippen molar-refractivity contribution in [2.75, 3.05) is 0 Å². The predicted molar refractivity (Wildman–Crippen MR) is 111 cm³/mol. The molecule has 2 aromatic heterocycles. The Kier molecular flexibility index (Phi) is 4.87. The zero-order valence-corrected chi connectivity index (χ0v) is 16.3. The van der Waals surface area contributed by atoms with Gasteiger partial charge in [0.15, 0.2) is 10.6 Å². The number of benzene rings is 2. The first-order valence-corrected chi connectivity index (χ1v) is 9.88. The molecular formula is C20H18N4OS2. The maximum Gasteiger partial charge on any atom is 0.240 e. The fraction of sp³-hybridized carbons (Fsp3) is 0.150. The number of H-pyrrole nitrogens is 1. The molecule has 2 aromatic carbocycles. The summed E-state index contributed by atoms with van der Waals surface area (Å²) in [7, 11) is 0. The van der Waals surface area contributed by atoms with Gasteiger partial charge in [-0.05, 0) is 53.0 Å². The molecule has 5 nitrogen and oxygen atoms in total. The maximum atomic E-state index is 12.6. The van der Waals surface area contributed by atoms with Gasteiger partial charge < -0.3 is 5.32 Å². The highest BCUT2D eigenvalue weighted by Crippen LogP contribution is 2.23. The fourth-order valence-corrected chi connectivity index (χ4v) is 3.97. The molecule has 0 aliphatic rings. The zero-order valence-electron chi connectivity index (χ0n) is 14.7. The monoisotopic (exact) mass is 394 g/mol. The summed E-state index contributed by atoms with van der Waals surface area (Å²) in [6.45, 7) is 2.11. The number of carbonyl (C=O) groups excluding carboxylic acids is 1. The second-order valence-electron chi connectivity index (χ2n) is 6.31. The molecule has 0 spiro atoms. The van der Waals surface area contributed by atoms with Gasteiger partial charge in [-0.1, -0.05) is 42.5 Å². The summed E-state index contributed by atoms with van der Waals surface area (Å²) < 4.78 is 2.16. The van der Waals surface area contributed by atoms with Crippen molar-refractivity contribution in [3.8, 4) is 10.7 Å². The van der Waals surface area contributed by atoms with E-state index in [0.717, 1.165) is 15.8 Å². The summed E-state index contributed by atoms with van der Waals surface area (Å²) in [6.07, 6.45) is 0. The van der Waals surface area contributed by atoms with Crippen LogP contribution < -0.4 is 5.32 Å². The van der Waals surface area contributed by atoms with Gasteiger partial charge in [0.2, 0.25) is 5.91 Å². The Morgan fingerprint density at radius 1 is 1.22 bits per heavy atom. The number of thiophene rings is 1. The highest BCUT2D eigenvalue weighted by molar-refractivity contribution is 7.71. The molecule has 0 aliphatic carbocycles. The van der Waals surface area contributed by atoms with Crippen LogP contribution in [-0.2, 0) is 11.3 Å². The topological polar surface area (TPSA) is 62.7 Å². The van der Waals surface area contributed by atoms with Crippen molar-refractivity contribution in [3.63, 3.8) is 0 Å². The van der Waals surface area contributed by atoms with Crippen LogP contribution in [0.2, 0.25) is 0 Å². The zero-order chi connectivity index (χ0) is 18.8. The molecule has 1 unspecified atom stereocenters. The van der Waals surface area contributed by atoms with Crippen LogP contribution >= 0.6 is 23.6 Å². The van der Waals surface area contributed by atoms with Crippen molar-refractivity contribution >= 4 is 40.2 Å². The number of hydrogen-bond donors (Lipinski definition) is 2. The molecule has 1 atom stereocenters. The lowest BCUT2D eigenvalue weighted by atomic mass is 10.0. The Bertz CT molecular complexity index is 1140. The Hall–Kier alpha value is -2.77. The van der Waals surface area contributed by atoms with E-state index in [1.54, 1.807) is 15.9 Å². The van der Waals surface area contributed by atoms with Crippen LogP contribution in [0.15, 0.2) is 60.0 Å². The smallest absolute Gasteiger partial charge is 0.240 e. The van der Waals surface area contributed by atoms with Crippen LogP contribution in [0.1, 0.15) is 18.5 Å². The molecule has 2 heterocycles. The van der Waals surface area contributed by atoms with Gasteiger partial charge in [-0.3, -0.25) is 14.5 Å². The summed E-state index contributed by atoms with van der Waals surface area (Å²) in [5.74, 6) is 0.578. The molecule has 0 fully saturated rings. The Balaban J connectivity index is 1.51. The number of rotatable bonds is 5. The van der Waals surface area contributed by atoms with Gasteiger partial charge in [0.25, 0.3) is 0 Å². The largest absolute Gasteiger partial charge is 0.348 e. The summed E-state index contributed by atoms with van der Waals surface area (Å²) in [4.78, 5) is 13.6. The molecule has 0 aliphatic heterocycles. The fourth-order valence-electron chi connectivity index (χ4n) is 3.05. The van der Waals surface area contributed by atoms with Crippen molar-refractivity contribution in [2.24, 2.45) is 0 Å². The first-order valence-electron chi connectivity index (χ1n) is 8.59. The van der Waals surface area contributed by atoms with E-state index in [0.29, 0.717) is 10.6 Å². The standard InChI is InChI=1S/C20H18N4OS2/c1-13(15-9-8-14-5-2-3-6-16(14)11-15)21-18(25)12-24-19(22-23-20(24)26)17-7-4-10-27-17/h2-11,13H,12H2,1H3,(H,21,25)(H,23,26). The van der Waals surface area contributed by atoms with E-state index in [2.05, 4.69) is 39.8 Å². The number of aromatic nitrogens is 3. The van der Waals surface area contributed by atoms with E-state index < -0.39 is 0 Å². The molecule has 2 N–H and O–H groups in total. The highest BCUT2D eigenvalue weighted by Gasteiger charge is 2.15. The predicted octanol–water partition coefficient (Wildman–Crippen LogP) is 4.70. The summed E-state index contributed by atoms with van der Waals surface area (Å²) in [5.41, 5.74) is 1.07. The second kappa shape index (κ2) is 7.46. The molecule has 1 amide bonds. The lowest BCUT2D eigenvalue weighted by molar-refractivity contribution is -0.122. The van der Waals surface area contributed by atoms with Crippen LogP contribution in [0, 0.1) is 4.77 Å². The van der Waals surface area contributed by atoms with Crippen molar-refractivity contribution < 1.29 is 4.79 Å². The minimum Gasteiger partial charge on any atom is -0.348 e. The molecule has 4 aromatic rings. The van der Waals surface area contributed by atoms with Crippen molar-refractivity contribution in [1.82, 2.24) is 20.1 Å². The number of nitrogens with one attached hydrogen (secondary N) is 2. The van der Waals surface area contributed by atoms with Gasteiger partial charge in [0.05, 0.1) is 10.9 Å². The number of fused-ring (bicyclic) bond motifs is 1. The third-order valence-corrected chi connectivity index (χ3v) is 5.63. The molecular weight excluding hydrogens is 376 g/mol. The first-order chi connectivity index (χ1) is 13.1. The number of amides is 1. The Morgan fingerprint density at radius 3 is 2.81 bits per heavy atom. The number of carbonyl (C=O) groups is 1. The normalized spacial score (nSPS) is 12.2. The first kappa shape index (κ1) is 17.6. The molecule has 7 heteroatoms. The van der Waals surface area contributed by atoms with Crippen LogP contribution in [0.4, 0.5) is 0 Å². The molecule has 4 rings (SSSR count). The van der Waals surface area contributed by atoms with Gasteiger partial charge in [0, 0.05) is 0 Å². The Labute approximate surface area is 165 Å². The second-order valence-corrected chi connectivity index (χ2v) is 7.65. The van der Waals surface area contributed by atoms with Gasteiger partial charge in [0.1, 0.15) is 6.54 Å². The van der Waals surface area contributed by atoms with E-state index in [1.165, 1.54) is 5.39 Å². The van der Waals surface area contributed by atoms with E-state index >= 15 is 0 Å². The minimum atomic E-state index is -0.106. The maximum absolute atomic E-state index is 12.6. The van der Waals surface area contributed by atoms with Crippen molar-refractivity contribution in [2.45, 2.75) is 19.5 Å². The summed E-state index contributed by atoms with van der Waals surface area (Å²) in [6, 6.07) is 18.2. The van der Waals surface area contributed by atoms with E-state index in [1.807, 2.05) is 42.6 Å². The number of nitrogens with zero attached hydrogens (tertiary/aromatic N) is 2. The number of aromatic amines is 1. The van der Waals surface area contributed by atoms with E-state index in [4.69, 9.17) is 12.2 Å². The molecule has 0 saturated carbocycles. The molecule has 0 radical (unpaired) electrons. The van der Waals surface area contributed by atoms with Crippen molar-refractivity contribution in [1.29, 1.82) is 0 Å². The van der Waals surface area contributed by atoms with E-state index in [-0.39, 0.29) is 18.5 Å². The average Bonchev–Trinajstić information content (AvgIpc) is 3.32. The quantitative estimate of drug-likeness (QED) is 0.482. The van der Waals surface area contributed by atoms with Crippen molar-refractivity contribution in [3.05, 3.63) is 70.3 Å². The van der Waals surface area contributed by atoms with Gasteiger partial charge in [-0.25, -0.2) is 0 Å². The van der Waals surface area contributed by atoms with Crippen LogP contribution in [-0.4, -0.2) is 20.7 Å². The molecule has 27 heavy (non-hydrogen) atoms. The lowest BCUT2D eigenvalue weighted by Gasteiger charge is -2.16. The summed E-state index contributed by atoms with van der Waals surface area (Å²) >= 11 is 6.86. The SMILES string of the molecule is CC(NC(=O)Cn1c(-c2cccs2)n[nH]c1=S)c1ccc2ccccc2c1. The molecule has 0 saturated heterocycles. The van der Waals surface area contributed by atoms with E-state index in [9.17, 15) is 4.79 Å². The number of hydrogen-bond acceptors (Lipinski definition) is 4. The van der Waals surface area contributed by atoms with Gasteiger partial charge >= 0.3 is 0 Å². The minimum absolute atomic E-state index is 0.103. The van der Waals surface area contributed by atoms with Gasteiger partial charge in [-0.15, -0.1) is 11.3 Å².